The largest absolute Gasteiger partial charge is 0.481 e. The van der Waals surface area contributed by atoms with E-state index in [0.717, 1.165) is 27.5 Å². The maximum Gasteiger partial charge on any atom is 0.265 e. The van der Waals surface area contributed by atoms with Gasteiger partial charge in [-0.2, -0.15) is 0 Å². The number of amides is 1. The van der Waals surface area contributed by atoms with Crippen LogP contribution in [0.1, 0.15) is 18.1 Å². The van der Waals surface area contributed by atoms with Crippen molar-refractivity contribution in [3.8, 4) is 5.75 Å². The van der Waals surface area contributed by atoms with E-state index >= 15 is 0 Å². The summed E-state index contributed by atoms with van der Waals surface area (Å²) in [5.74, 6) is 0.597. The Kier molecular flexibility index (Phi) is 5.50. The molecule has 1 atom stereocenters. The first-order chi connectivity index (χ1) is 10.5. The van der Waals surface area contributed by atoms with Crippen molar-refractivity contribution >= 4 is 23.4 Å². The van der Waals surface area contributed by atoms with Gasteiger partial charge in [0.2, 0.25) is 0 Å². The molecule has 0 aliphatic carbocycles. The highest BCUT2D eigenvalue weighted by Gasteiger charge is 2.16. The number of anilines is 1. The van der Waals surface area contributed by atoms with Crippen LogP contribution in [0.25, 0.3) is 0 Å². The summed E-state index contributed by atoms with van der Waals surface area (Å²) in [6, 6.07) is 13.7. The second kappa shape index (κ2) is 7.36. The van der Waals surface area contributed by atoms with Crippen LogP contribution >= 0.6 is 11.8 Å². The van der Waals surface area contributed by atoms with Gasteiger partial charge in [-0.05, 0) is 62.4 Å². The molecule has 0 aliphatic heterocycles. The van der Waals surface area contributed by atoms with Gasteiger partial charge < -0.3 is 10.1 Å². The zero-order valence-corrected chi connectivity index (χ0v) is 14.2. The fourth-order valence-corrected chi connectivity index (χ4v) is 2.48. The third-order valence-corrected chi connectivity index (χ3v) is 4.08. The maximum absolute atomic E-state index is 12.3. The Balaban J connectivity index is 2.04. The lowest BCUT2D eigenvalue weighted by Gasteiger charge is -2.17. The van der Waals surface area contributed by atoms with E-state index in [4.69, 9.17) is 4.74 Å². The summed E-state index contributed by atoms with van der Waals surface area (Å²) < 4.78 is 5.80. The number of ether oxygens (including phenoxy) is 1. The van der Waals surface area contributed by atoms with E-state index in [1.807, 2.05) is 62.6 Å². The number of carbonyl (C=O) groups is 1. The SMILES string of the molecule is CSc1cccc(NC(=O)C(C)Oc2cc(C)ccc2C)c1. The van der Waals surface area contributed by atoms with Crippen LogP contribution in [-0.4, -0.2) is 18.3 Å². The Labute approximate surface area is 136 Å². The lowest BCUT2D eigenvalue weighted by atomic mass is 10.1. The number of hydrogen-bond donors (Lipinski definition) is 1. The highest BCUT2D eigenvalue weighted by Crippen LogP contribution is 2.22. The average molecular weight is 315 g/mol. The van der Waals surface area contributed by atoms with Gasteiger partial charge in [-0.25, -0.2) is 0 Å². The van der Waals surface area contributed by atoms with Crippen molar-refractivity contribution in [2.24, 2.45) is 0 Å². The van der Waals surface area contributed by atoms with Crippen molar-refractivity contribution in [1.29, 1.82) is 0 Å². The van der Waals surface area contributed by atoms with Crippen LogP contribution in [0.3, 0.4) is 0 Å². The van der Waals surface area contributed by atoms with Gasteiger partial charge in [-0.1, -0.05) is 18.2 Å². The van der Waals surface area contributed by atoms with Gasteiger partial charge in [0.05, 0.1) is 0 Å². The number of nitrogens with one attached hydrogen (secondary N) is 1. The summed E-state index contributed by atoms with van der Waals surface area (Å²) in [6.07, 6.45) is 1.45. The molecule has 2 rings (SSSR count). The van der Waals surface area contributed by atoms with E-state index in [9.17, 15) is 4.79 Å². The molecule has 0 fully saturated rings. The van der Waals surface area contributed by atoms with Gasteiger partial charge in [0.1, 0.15) is 5.75 Å². The van der Waals surface area contributed by atoms with E-state index in [-0.39, 0.29) is 5.91 Å². The second-order valence-corrected chi connectivity index (χ2v) is 6.13. The van der Waals surface area contributed by atoms with Gasteiger partial charge in [0, 0.05) is 10.6 Å². The lowest BCUT2D eigenvalue weighted by molar-refractivity contribution is -0.122. The molecule has 0 heterocycles. The zero-order valence-electron chi connectivity index (χ0n) is 13.3. The number of rotatable bonds is 5. The molecule has 0 saturated heterocycles. The van der Waals surface area contributed by atoms with E-state index < -0.39 is 6.10 Å². The molecule has 1 unspecified atom stereocenters. The molecule has 0 radical (unpaired) electrons. The van der Waals surface area contributed by atoms with E-state index in [1.54, 1.807) is 18.7 Å². The zero-order chi connectivity index (χ0) is 16.1. The lowest BCUT2D eigenvalue weighted by Crippen LogP contribution is -2.30. The first kappa shape index (κ1) is 16.4. The fourth-order valence-electron chi connectivity index (χ4n) is 2.02. The van der Waals surface area contributed by atoms with Gasteiger partial charge in [-0.3, -0.25) is 4.79 Å². The monoisotopic (exact) mass is 315 g/mol. The van der Waals surface area contributed by atoms with Crippen molar-refractivity contribution in [2.75, 3.05) is 11.6 Å². The van der Waals surface area contributed by atoms with Crippen LogP contribution in [0.4, 0.5) is 5.69 Å². The maximum atomic E-state index is 12.3. The number of thioether (sulfide) groups is 1. The molecular formula is C18H21NO2S. The average Bonchev–Trinajstić information content (AvgIpc) is 2.51. The topological polar surface area (TPSA) is 38.3 Å². The third-order valence-electron chi connectivity index (χ3n) is 3.35. The molecule has 22 heavy (non-hydrogen) atoms. The Bertz CT molecular complexity index is 670. The Morgan fingerprint density at radius 1 is 1.18 bits per heavy atom. The van der Waals surface area contributed by atoms with Crippen LogP contribution < -0.4 is 10.1 Å². The van der Waals surface area contributed by atoms with Gasteiger partial charge >= 0.3 is 0 Å². The summed E-state index contributed by atoms with van der Waals surface area (Å²) in [6.45, 7) is 5.74. The minimum absolute atomic E-state index is 0.154. The molecule has 2 aromatic rings. The molecule has 0 spiro atoms. The third kappa shape index (κ3) is 4.28. The predicted molar refractivity (Wildman–Crippen MR) is 92.9 cm³/mol. The quantitative estimate of drug-likeness (QED) is 0.829. The van der Waals surface area contributed by atoms with E-state index in [2.05, 4.69) is 5.32 Å². The molecule has 1 amide bonds. The van der Waals surface area contributed by atoms with Crippen LogP contribution in [0.5, 0.6) is 5.75 Å². The summed E-state index contributed by atoms with van der Waals surface area (Å²) in [5, 5.41) is 2.89. The normalized spacial score (nSPS) is 11.8. The molecule has 0 bridgehead atoms. The van der Waals surface area contributed by atoms with Gasteiger partial charge in [0.15, 0.2) is 6.10 Å². The van der Waals surface area contributed by atoms with Crippen molar-refractivity contribution in [3.63, 3.8) is 0 Å². The molecule has 2 aromatic carbocycles. The first-order valence-corrected chi connectivity index (χ1v) is 8.41. The first-order valence-electron chi connectivity index (χ1n) is 7.18. The van der Waals surface area contributed by atoms with Crippen LogP contribution in [0, 0.1) is 13.8 Å². The van der Waals surface area contributed by atoms with E-state index in [1.165, 1.54) is 0 Å². The number of aryl methyl sites for hydroxylation is 2. The van der Waals surface area contributed by atoms with E-state index in [0.29, 0.717) is 0 Å². The highest BCUT2D eigenvalue weighted by molar-refractivity contribution is 7.98. The second-order valence-electron chi connectivity index (χ2n) is 5.25. The molecule has 0 aliphatic rings. The molecule has 116 valence electrons. The highest BCUT2D eigenvalue weighted by atomic mass is 32.2. The number of carbonyl (C=O) groups excluding carboxylic acids is 1. The summed E-state index contributed by atoms with van der Waals surface area (Å²) >= 11 is 1.64. The van der Waals surface area contributed by atoms with Crippen molar-refractivity contribution < 1.29 is 9.53 Å². The summed E-state index contributed by atoms with van der Waals surface area (Å²) in [7, 11) is 0. The Morgan fingerprint density at radius 2 is 1.95 bits per heavy atom. The van der Waals surface area contributed by atoms with Crippen molar-refractivity contribution in [2.45, 2.75) is 31.8 Å². The van der Waals surface area contributed by atoms with Crippen molar-refractivity contribution in [1.82, 2.24) is 0 Å². The molecule has 3 nitrogen and oxygen atoms in total. The number of hydrogen-bond acceptors (Lipinski definition) is 3. The smallest absolute Gasteiger partial charge is 0.265 e. The summed E-state index contributed by atoms with van der Waals surface area (Å²) in [4.78, 5) is 13.4. The molecule has 1 N–H and O–H groups in total. The van der Waals surface area contributed by atoms with Crippen LogP contribution in [-0.2, 0) is 4.79 Å². The number of benzene rings is 2. The molecule has 0 aromatic heterocycles. The van der Waals surface area contributed by atoms with Crippen molar-refractivity contribution in [3.05, 3.63) is 53.6 Å². The minimum Gasteiger partial charge on any atom is -0.481 e. The van der Waals surface area contributed by atoms with Crippen LogP contribution in [0.15, 0.2) is 47.4 Å². The standard InChI is InChI=1S/C18H21NO2S/c1-12-8-9-13(2)17(10-12)21-14(3)18(20)19-15-6-5-7-16(11-15)22-4/h5-11,14H,1-4H3,(H,19,20). The molecular weight excluding hydrogens is 294 g/mol. The molecule has 4 heteroatoms. The summed E-state index contributed by atoms with van der Waals surface area (Å²) in [5.41, 5.74) is 2.92. The van der Waals surface area contributed by atoms with Gasteiger partial charge in [0.25, 0.3) is 5.91 Å². The Morgan fingerprint density at radius 3 is 2.68 bits per heavy atom. The molecule has 0 saturated carbocycles. The minimum atomic E-state index is -0.557. The Hall–Kier alpha value is -1.94. The van der Waals surface area contributed by atoms with Crippen LogP contribution in [0.2, 0.25) is 0 Å². The predicted octanol–water partition coefficient (Wildman–Crippen LogP) is 4.43. The van der Waals surface area contributed by atoms with Gasteiger partial charge in [-0.15, -0.1) is 11.8 Å². The fraction of sp³-hybridized carbons (Fsp3) is 0.278.